The maximum absolute atomic E-state index is 13.6. The molecule has 1 amide bonds. The summed E-state index contributed by atoms with van der Waals surface area (Å²) in [5.74, 6) is 0.630. The van der Waals surface area contributed by atoms with Crippen molar-refractivity contribution >= 4 is 33.1 Å². The Balaban J connectivity index is 1.75. The van der Waals surface area contributed by atoms with Crippen LogP contribution in [0.1, 0.15) is 58.0 Å². The standard InChI is InChI=1S/C24H30N4O2S/c1-6-19-26-23-20(24(30)28(19)17-9-11-27(5)12-10-17)16(4)21(31-23)22(29)25-18-8-7-14(2)13-15(18)3/h7-8,13,17H,6,9-12H2,1-5H3,(H,25,29). The Morgan fingerprint density at radius 3 is 2.58 bits per heavy atom. The number of piperidine rings is 1. The van der Waals surface area contributed by atoms with E-state index in [-0.39, 0.29) is 17.5 Å². The Bertz CT molecular complexity index is 1200. The third-order valence-electron chi connectivity index (χ3n) is 6.28. The van der Waals surface area contributed by atoms with Gasteiger partial charge in [0, 0.05) is 18.2 Å². The Kier molecular flexibility index (Phi) is 5.99. The molecule has 0 radical (unpaired) electrons. The highest BCUT2D eigenvalue weighted by Gasteiger charge is 2.26. The highest BCUT2D eigenvalue weighted by molar-refractivity contribution is 7.20. The molecule has 7 heteroatoms. The molecule has 0 atom stereocenters. The molecule has 0 saturated carbocycles. The largest absolute Gasteiger partial charge is 0.321 e. The lowest BCUT2D eigenvalue weighted by Crippen LogP contribution is -2.37. The SMILES string of the molecule is CCc1nc2sc(C(=O)Nc3ccc(C)cc3C)c(C)c2c(=O)n1C1CCN(C)CC1. The lowest BCUT2D eigenvalue weighted by molar-refractivity contribution is 0.103. The number of aryl methyl sites for hydroxylation is 4. The van der Waals surface area contributed by atoms with E-state index in [0.717, 1.165) is 54.1 Å². The lowest BCUT2D eigenvalue weighted by atomic mass is 10.0. The van der Waals surface area contributed by atoms with Crippen LogP contribution in [0.2, 0.25) is 0 Å². The number of nitrogens with one attached hydrogen (secondary N) is 1. The molecule has 1 N–H and O–H groups in total. The van der Waals surface area contributed by atoms with Crippen molar-refractivity contribution in [1.82, 2.24) is 14.5 Å². The van der Waals surface area contributed by atoms with Gasteiger partial charge in [-0.2, -0.15) is 0 Å². The summed E-state index contributed by atoms with van der Waals surface area (Å²) in [6.45, 7) is 9.86. The third-order valence-corrected chi connectivity index (χ3v) is 7.46. The number of aromatic nitrogens is 2. The number of fused-ring (bicyclic) bond motifs is 1. The molecule has 6 nitrogen and oxygen atoms in total. The van der Waals surface area contributed by atoms with Crippen molar-refractivity contribution in [3.63, 3.8) is 0 Å². The number of amides is 1. The van der Waals surface area contributed by atoms with Gasteiger partial charge in [-0.15, -0.1) is 11.3 Å². The highest BCUT2D eigenvalue weighted by Crippen LogP contribution is 2.30. The Morgan fingerprint density at radius 1 is 1.23 bits per heavy atom. The number of anilines is 1. The summed E-state index contributed by atoms with van der Waals surface area (Å²) < 4.78 is 1.90. The van der Waals surface area contributed by atoms with Gasteiger partial charge < -0.3 is 10.2 Å². The van der Waals surface area contributed by atoms with E-state index in [4.69, 9.17) is 4.98 Å². The number of thiophene rings is 1. The predicted octanol–water partition coefficient (Wildman–Crippen LogP) is 4.46. The molecule has 0 unspecified atom stereocenters. The Labute approximate surface area is 186 Å². The highest BCUT2D eigenvalue weighted by atomic mass is 32.1. The number of likely N-dealkylation sites (tertiary alicyclic amines) is 1. The Hall–Kier alpha value is -2.51. The fourth-order valence-electron chi connectivity index (χ4n) is 4.47. The van der Waals surface area contributed by atoms with Gasteiger partial charge in [-0.25, -0.2) is 4.98 Å². The number of carbonyl (C=O) groups is 1. The first-order valence-corrected chi connectivity index (χ1v) is 11.7. The molecule has 4 rings (SSSR count). The third kappa shape index (κ3) is 4.04. The van der Waals surface area contributed by atoms with Crippen LogP contribution in [0.15, 0.2) is 23.0 Å². The van der Waals surface area contributed by atoms with Crippen LogP contribution in [-0.4, -0.2) is 40.5 Å². The minimum absolute atomic E-state index is 0.00396. The van der Waals surface area contributed by atoms with E-state index in [1.54, 1.807) is 0 Å². The molecule has 1 aromatic carbocycles. The molecule has 1 fully saturated rings. The van der Waals surface area contributed by atoms with Crippen molar-refractivity contribution in [3.05, 3.63) is 55.9 Å². The number of rotatable bonds is 4. The molecule has 0 aliphatic carbocycles. The van der Waals surface area contributed by atoms with E-state index in [0.29, 0.717) is 21.5 Å². The van der Waals surface area contributed by atoms with Gasteiger partial charge in [0.1, 0.15) is 10.7 Å². The number of hydrogen-bond donors (Lipinski definition) is 1. The molecular formula is C24H30N4O2S. The summed E-state index contributed by atoms with van der Waals surface area (Å²) in [5, 5.41) is 3.61. The fourth-order valence-corrected chi connectivity index (χ4v) is 5.55. The zero-order chi connectivity index (χ0) is 22.3. The van der Waals surface area contributed by atoms with Gasteiger partial charge in [-0.1, -0.05) is 24.6 Å². The van der Waals surface area contributed by atoms with E-state index in [1.165, 1.54) is 11.3 Å². The smallest absolute Gasteiger partial charge is 0.266 e. The number of carbonyl (C=O) groups excluding carboxylic acids is 1. The van der Waals surface area contributed by atoms with E-state index >= 15 is 0 Å². The van der Waals surface area contributed by atoms with Crippen molar-refractivity contribution in [3.8, 4) is 0 Å². The van der Waals surface area contributed by atoms with Crippen LogP contribution in [0.5, 0.6) is 0 Å². The summed E-state index contributed by atoms with van der Waals surface area (Å²) in [7, 11) is 2.12. The van der Waals surface area contributed by atoms with Gasteiger partial charge in [-0.3, -0.25) is 14.2 Å². The first kappa shape index (κ1) is 21.7. The zero-order valence-corrected chi connectivity index (χ0v) is 19.7. The average molecular weight is 439 g/mol. The monoisotopic (exact) mass is 438 g/mol. The van der Waals surface area contributed by atoms with Crippen molar-refractivity contribution < 1.29 is 4.79 Å². The molecular weight excluding hydrogens is 408 g/mol. The molecule has 164 valence electrons. The molecule has 1 aliphatic heterocycles. The second kappa shape index (κ2) is 8.55. The van der Waals surface area contributed by atoms with E-state index < -0.39 is 0 Å². The van der Waals surface area contributed by atoms with Crippen molar-refractivity contribution in [2.75, 3.05) is 25.5 Å². The summed E-state index contributed by atoms with van der Waals surface area (Å²) >= 11 is 1.31. The number of benzene rings is 1. The quantitative estimate of drug-likeness (QED) is 0.653. The van der Waals surface area contributed by atoms with Gasteiger partial charge in [-0.05, 0) is 70.9 Å². The zero-order valence-electron chi connectivity index (χ0n) is 18.9. The minimum Gasteiger partial charge on any atom is -0.321 e. The average Bonchev–Trinajstić information content (AvgIpc) is 3.07. The predicted molar refractivity (Wildman–Crippen MR) is 128 cm³/mol. The summed E-state index contributed by atoms with van der Waals surface area (Å²) in [5.41, 5.74) is 3.68. The maximum Gasteiger partial charge on any atom is 0.266 e. The summed E-state index contributed by atoms with van der Waals surface area (Å²) in [6.07, 6.45) is 2.58. The van der Waals surface area contributed by atoms with Gasteiger partial charge in [0.15, 0.2) is 0 Å². The van der Waals surface area contributed by atoms with Crippen LogP contribution in [0.4, 0.5) is 5.69 Å². The van der Waals surface area contributed by atoms with Crippen LogP contribution in [-0.2, 0) is 6.42 Å². The van der Waals surface area contributed by atoms with E-state index in [9.17, 15) is 9.59 Å². The molecule has 1 saturated heterocycles. The number of nitrogens with zero attached hydrogens (tertiary/aromatic N) is 3. The fraction of sp³-hybridized carbons (Fsp3) is 0.458. The van der Waals surface area contributed by atoms with Crippen LogP contribution >= 0.6 is 11.3 Å². The molecule has 31 heavy (non-hydrogen) atoms. The minimum atomic E-state index is -0.184. The molecule has 1 aliphatic rings. The van der Waals surface area contributed by atoms with Gasteiger partial charge in [0.05, 0.1) is 10.3 Å². The normalized spacial score (nSPS) is 15.5. The molecule has 0 bridgehead atoms. The second-order valence-electron chi connectivity index (χ2n) is 8.60. The van der Waals surface area contributed by atoms with Crippen LogP contribution in [0, 0.1) is 20.8 Å². The topological polar surface area (TPSA) is 67.2 Å². The van der Waals surface area contributed by atoms with Crippen molar-refractivity contribution in [2.45, 2.75) is 53.0 Å². The summed E-state index contributed by atoms with van der Waals surface area (Å²) in [6, 6.07) is 6.12. The molecule has 0 spiro atoms. The second-order valence-corrected chi connectivity index (χ2v) is 9.60. The van der Waals surface area contributed by atoms with E-state index in [1.807, 2.05) is 50.5 Å². The first-order valence-electron chi connectivity index (χ1n) is 10.9. The summed E-state index contributed by atoms with van der Waals surface area (Å²) in [4.78, 5) is 35.0. The molecule has 3 aromatic rings. The van der Waals surface area contributed by atoms with Crippen molar-refractivity contribution in [2.24, 2.45) is 0 Å². The van der Waals surface area contributed by atoms with Crippen LogP contribution < -0.4 is 10.9 Å². The van der Waals surface area contributed by atoms with E-state index in [2.05, 4.69) is 17.3 Å². The van der Waals surface area contributed by atoms with Gasteiger partial charge >= 0.3 is 0 Å². The van der Waals surface area contributed by atoms with Crippen LogP contribution in [0.25, 0.3) is 10.2 Å². The van der Waals surface area contributed by atoms with Gasteiger partial charge in [0.2, 0.25) is 0 Å². The Morgan fingerprint density at radius 2 is 1.94 bits per heavy atom. The molecule has 2 aromatic heterocycles. The number of hydrogen-bond acceptors (Lipinski definition) is 5. The first-order chi connectivity index (χ1) is 14.8. The van der Waals surface area contributed by atoms with Crippen molar-refractivity contribution in [1.29, 1.82) is 0 Å². The van der Waals surface area contributed by atoms with Gasteiger partial charge in [0.25, 0.3) is 11.5 Å². The molecule has 3 heterocycles. The maximum atomic E-state index is 13.6. The lowest BCUT2D eigenvalue weighted by Gasteiger charge is -2.31. The van der Waals surface area contributed by atoms with Crippen LogP contribution in [0.3, 0.4) is 0 Å².